The van der Waals surface area contributed by atoms with Gasteiger partial charge < -0.3 is 5.11 Å². The van der Waals surface area contributed by atoms with Crippen LogP contribution in [0.3, 0.4) is 0 Å². The summed E-state index contributed by atoms with van der Waals surface area (Å²) in [5.41, 5.74) is 1.82. The van der Waals surface area contributed by atoms with Crippen LogP contribution in [0, 0.1) is 5.82 Å². The summed E-state index contributed by atoms with van der Waals surface area (Å²) in [6.45, 7) is 1.98. The van der Waals surface area contributed by atoms with E-state index in [1.807, 2.05) is 6.92 Å². The van der Waals surface area contributed by atoms with Gasteiger partial charge in [0, 0.05) is 17.6 Å². The van der Waals surface area contributed by atoms with Gasteiger partial charge in [-0.3, -0.25) is 4.68 Å². The second kappa shape index (κ2) is 5.08. The molecule has 0 radical (unpaired) electrons. The van der Waals surface area contributed by atoms with Crippen LogP contribution in [0.2, 0.25) is 5.02 Å². The largest absolute Gasteiger partial charge is 0.382 e. The maximum Gasteiger partial charge on any atom is 0.123 e. The Hall–Kier alpha value is -1.39. The van der Waals surface area contributed by atoms with Crippen LogP contribution >= 0.6 is 11.6 Å². The minimum atomic E-state index is -0.981. The lowest BCUT2D eigenvalue weighted by Crippen LogP contribution is -2.07. The van der Waals surface area contributed by atoms with Gasteiger partial charge in [0.2, 0.25) is 0 Å². The van der Waals surface area contributed by atoms with Crippen LogP contribution < -0.4 is 0 Å². The molecule has 1 atom stereocenters. The summed E-state index contributed by atoms with van der Waals surface area (Å²) >= 11 is 5.98. The number of aliphatic hydroxyl groups excluding tert-OH is 1. The van der Waals surface area contributed by atoms with Crippen molar-refractivity contribution in [3.05, 3.63) is 52.1 Å². The molecule has 1 unspecified atom stereocenters. The summed E-state index contributed by atoms with van der Waals surface area (Å²) in [5.74, 6) is -0.425. The highest BCUT2D eigenvalue weighted by Crippen LogP contribution is 2.29. The van der Waals surface area contributed by atoms with E-state index >= 15 is 0 Å². The zero-order chi connectivity index (χ0) is 13.3. The van der Waals surface area contributed by atoms with Crippen molar-refractivity contribution in [1.29, 1.82) is 0 Å². The minimum Gasteiger partial charge on any atom is -0.382 e. The highest BCUT2D eigenvalue weighted by molar-refractivity contribution is 6.31. The molecule has 0 bridgehead atoms. The number of aryl methyl sites for hydroxylation is 2. The van der Waals surface area contributed by atoms with Crippen LogP contribution in [0.5, 0.6) is 0 Å². The average Bonchev–Trinajstić information content (AvgIpc) is 2.73. The third-order valence-electron chi connectivity index (χ3n) is 2.86. The SMILES string of the molecule is CCc1cc(C(O)c2cc(F)ccc2Cl)n(C)n1. The maximum absolute atomic E-state index is 13.2. The Morgan fingerprint density at radius 2 is 2.17 bits per heavy atom. The van der Waals surface area contributed by atoms with Crippen LogP contribution in [-0.2, 0) is 13.5 Å². The van der Waals surface area contributed by atoms with E-state index in [4.69, 9.17) is 11.6 Å². The number of aliphatic hydroxyl groups is 1. The first-order valence-electron chi connectivity index (χ1n) is 5.68. The van der Waals surface area contributed by atoms with Gasteiger partial charge in [0.05, 0.1) is 11.4 Å². The molecule has 0 aliphatic rings. The molecule has 96 valence electrons. The highest BCUT2D eigenvalue weighted by atomic mass is 35.5. The molecule has 1 heterocycles. The molecule has 2 rings (SSSR count). The predicted octanol–water partition coefficient (Wildman–Crippen LogP) is 2.86. The number of hydrogen-bond acceptors (Lipinski definition) is 2. The van der Waals surface area contributed by atoms with Gasteiger partial charge in [-0.15, -0.1) is 0 Å². The fraction of sp³-hybridized carbons (Fsp3) is 0.308. The Kier molecular flexibility index (Phi) is 3.68. The van der Waals surface area contributed by atoms with Gasteiger partial charge in [-0.05, 0) is 30.7 Å². The molecule has 0 fully saturated rings. The van der Waals surface area contributed by atoms with E-state index in [-0.39, 0.29) is 0 Å². The van der Waals surface area contributed by atoms with E-state index in [0.29, 0.717) is 16.3 Å². The molecule has 2 aromatic rings. The van der Waals surface area contributed by atoms with Gasteiger partial charge in [-0.25, -0.2) is 4.39 Å². The normalized spacial score (nSPS) is 12.7. The lowest BCUT2D eigenvalue weighted by molar-refractivity contribution is 0.209. The maximum atomic E-state index is 13.2. The first kappa shape index (κ1) is 13.1. The van der Waals surface area contributed by atoms with Crippen molar-refractivity contribution < 1.29 is 9.50 Å². The Bertz CT molecular complexity index is 568. The number of rotatable bonds is 3. The third-order valence-corrected chi connectivity index (χ3v) is 3.21. The van der Waals surface area contributed by atoms with Crippen molar-refractivity contribution >= 4 is 11.6 Å². The second-order valence-electron chi connectivity index (χ2n) is 4.11. The molecule has 0 aliphatic heterocycles. The topological polar surface area (TPSA) is 38.0 Å². The van der Waals surface area contributed by atoms with Crippen LogP contribution in [0.15, 0.2) is 24.3 Å². The van der Waals surface area contributed by atoms with Crippen molar-refractivity contribution in [1.82, 2.24) is 9.78 Å². The highest BCUT2D eigenvalue weighted by Gasteiger charge is 2.19. The molecule has 1 aromatic carbocycles. The standard InChI is InChI=1S/C13H14ClFN2O/c1-3-9-7-12(17(2)16-9)13(18)10-6-8(15)4-5-11(10)14/h4-7,13,18H,3H2,1-2H3. The Morgan fingerprint density at radius 1 is 1.44 bits per heavy atom. The van der Waals surface area contributed by atoms with Gasteiger partial charge in [-0.2, -0.15) is 5.10 Å². The van der Waals surface area contributed by atoms with Gasteiger partial charge in [0.1, 0.15) is 11.9 Å². The first-order chi connectivity index (χ1) is 8.52. The van der Waals surface area contributed by atoms with Crippen LogP contribution in [-0.4, -0.2) is 14.9 Å². The zero-order valence-electron chi connectivity index (χ0n) is 10.2. The smallest absolute Gasteiger partial charge is 0.123 e. The van der Waals surface area contributed by atoms with E-state index in [9.17, 15) is 9.50 Å². The third kappa shape index (κ3) is 2.40. The van der Waals surface area contributed by atoms with Crippen LogP contribution in [0.25, 0.3) is 0 Å². The molecular weight excluding hydrogens is 255 g/mol. The average molecular weight is 269 g/mol. The number of nitrogens with zero attached hydrogens (tertiary/aromatic N) is 2. The molecular formula is C13H14ClFN2O. The van der Waals surface area contributed by atoms with Crippen LogP contribution in [0.4, 0.5) is 4.39 Å². The predicted molar refractivity (Wildman–Crippen MR) is 68.1 cm³/mol. The van der Waals surface area contributed by atoms with Gasteiger partial charge in [-0.1, -0.05) is 18.5 Å². The fourth-order valence-corrected chi connectivity index (χ4v) is 2.08. The Labute approximate surface area is 110 Å². The quantitative estimate of drug-likeness (QED) is 0.930. The Morgan fingerprint density at radius 3 is 2.78 bits per heavy atom. The molecule has 0 saturated heterocycles. The Balaban J connectivity index is 2.43. The lowest BCUT2D eigenvalue weighted by atomic mass is 10.1. The summed E-state index contributed by atoms with van der Waals surface area (Å²) in [6, 6.07) is 5.74. The van der Waals surface area contributed by atoms with Crippen molar-refractivity contribution in [2.24, 2.45) is 7.05 Å². The number of benzene rings is 1. The van der Waals surface area contributed by atoms with Crippen LogP contribution in [0.1, 0.15) is 30.0 Å². The summed E-state index contributed by atoms with van der Waals surface area (Å²) in [4.78, 5) is 0. The summed E-state index contributed by atoms with van der Waals surface area (Å²) in [7, 11) is 1.74. The van der Waals surface area contributed by atoms with Gasteiger partial charge in [0.25, 0.3) is 0 Å². The van der Waals surface area contributed by atoms with Crippen molar-refractivity contribution in [2.45, 2.75) is 19.4 Å². The molecule has 3 nitrogen and oxygen atoms in total. The minimum absolute atomic E-state index is 0.336. The molecule has 0 aliphatic carbocycles. The molecule has 5 heteroatoms. The molecule has 0 spiro atoms. The van der Waals surface area contributed by atoms with Gasteiger partial charge in [0.15, 0.2) is 0 Å². The summed E-state index contributed by atoms with van der Waals surface area (Å²) < 4.78 is 14.8. The molecule has 1 N–H and O–H groups in total. The van der Waals surface area contributed by atoms with Gasteiger partial charge >= 0.3 is 0 Å². The van der Waals surface area contributed by atoms with Crippen molar-refractivity contribution in [3.8, 4) is 0 Å². The monoisotopic (exact) mass is 268 g/mol. The van der Waals surface area contributed by atoms with E-state index in [2.05, 4.69) is 5.10 Å². The van der Waals surface area contributed by atoms with Crippen molar-refractivity contribution in [3.63, 3.8) is 0 Å². The van der Waals surface area contributed by atoms with E-state index < -0.39 is 11.9 Å². The second-order valence-corrected chi connectivity index (χ2v) is 4.51. The number of aromatic nitrogens is 2. The number of halogens is 2. The molecule has 1 aromatic heterocycles. The molecule has 0 amide bonds. The summed E-state index contributed by atoms with van der Waals surface area (Å²) in [5, 5.41) is 14.9. The molecule has 0 saturated carbocycles. The zero-order valence-corrected chi connectivity index (χ0v) is 10.9. The summed E-state index contributed by atoms with van der Waals surface area (Å²) in [6.07, 6.45) is -0.205. The fourth-order valence-electron chi connectivity index (χ4n) is 1.86. The molecule has 18 heavy (non-hydrogen) atoms. The number of hydrogen-bond donors (Lipinski definition) is 1. The van der Waals surface area contributed by atoms with E-state index in [1.165, 1.54) is 18.2 Å². The van der Waals surface area contributed by atoms with E-state index in [1.54, 1.807) is 17.8 Å². The van der Waals surface area contributed by atoms with E-state index in [0.717, 1.165) is 12.1 Å². The first-order valence-corrected chi connectivity index (χ1v) is 6.06. The van der Waals surface area contributed by atoms with Crippen molar-refractivity contribution in [2.75, 3.05) is 0 Å². The lowest BCUT2D eigenvalue weighted by Gasteiger charge is -2.13.